The van der Waals surface area contributed by atoms with Crippen molar-refractivity contribution in [1.29, 1.82) is 5.26 Å². The summed E-state index contributed by atoms with van der Waals surface area (Å²) in [4.78, 5) is 0. The zero-order chi connectivity index (χ0) is 14.9. The zero-order valence-electron chi connectivity index (χ0n) is 9.85. The van der Waals surface area contributed by atoms with Gasteiger partial charge in [0.15, 0.2) is 23.3 Å². The van der Waals surface area contributed by atoms with Crippen LogP contribution in [0.5, 0.6) is 0 Å². The summed E-state index contributed by atoms with van der Waals surface area (Å²) < 4.78 is 65.8. The van der Waals surface area contributed by atoms with Crippen molar-refractivity contribution in [3.63, 3.8) is 0 Å². The minimum Gasteiger partial charge on any atom is -0.203 e. The molecule has 2 aromatic rings. The molecule has 0 saturated carbocycles. The van der Waals surface area contributed by atoms with Crippen LogP contribution in [0, 0.1) is 40.4 Å². The summed E-state index contributed by atoms with van der Waals surface area (Å²) in [5.41, 5.74) is -0.246. The van der Waals surface area contributed by atoms with Crippen LogP contribution in [0.1, 0.15) is 16.7 Å². The minimum atomic E-state index is -2.18. The fourth-order valence-corrected chi connectivity index (χ4v) is 1.71. The number of halogens is 5. The van der Waals surface area contributed by atoms with Crippen LogP contribution in [0.2, 0.25) is 0 Å². The summed E-state index contributed by atoms with van der Waals surface area (Å²) in [6, 6.07) is 7.40. The third kappa shape index (κ3) is 2.35. The molecule has 2 aromatic carbocycles. The lowest BCUT2D eigenvalue weighted by molar-refractivity contribution is 0.371. The quantitative estimate of drug-likeness (QED) is 0.466. The number of nitrogens with zero attached hydrogens (tertiary/aromatic N) is 1. The molecule has 0 saturated heterocycles. The smallest absolute Gasteiger partial charge is 0.200 e. The Labute approximate surface area is 110 Å². The van der Waals surface area contributed by atoms with Gasteiger partial charge in [0.2, 0.25) is 5.82 Å². The number of rotatable bonds is 2. The first-order chi connectivity index (χ1) is 9.45. The lowest BCUT2D eigenvalue weighted by Gasteiger charge is -2.08. The highest BCUT2D eigenvalue weighted by atomic mass is 19.2. The second kappa shape index (κ2) is 5.29. The van der Waals surface area contributed by atoms with E-state index in [4.69, 9.17) is 5.26 Å². The van der Waals surface area contributed by atoms with Gasteiger partial charge >= 0.3 is 0 Å². The van der Waals surface area contributed by atoms with Crippen molar-refractivity contribution < 1.29 is 22.0 Å². The first-order valence-electron chi connectivity index (χ1n) is 5.45. The third-order valence-corrected chi connectivity index (χ3v) is 2.76. The number of nitriles is 1. The normalized spacial score (nSPS) is 10.4. The van der Waals surface area contributed by atoms with Crippen LogP contribution in [0.15, 0.2) is 24.3 Å². The predicted molar refractivity (Wildman–Crippen MR) is 60.2 cm³/mol. The van der Waals surface area contributed by atoms with E-state index in [0.717, 1.165) is 0 Å². The van der Waals surface area contributed by atoms with Gasteiger partial charge in [0.05, 0.1) is 11.6 Å². The van der Waals surface area contributed by atoms with Crippen LogP contribution in [-0.2, 0) is 6.42 Å². The molecule has 0 spiro atoms. The van der Waals surface area contributed by atoms with Gasteiger partial charge in [0.1, 0.15) is 0 Å². The van der Waals surface area contributed by atoms with E-state index < -0.39 is 41.1 Å². The first-order valence-corrected chi connectivity index (χ1v) is 5.45. The Kier molecular flexibility index (Phi) is 3.70. The molecule has 0 aliphatic heterocycles. The highest BCUT2D eigenvalue weighted by molar-refractivity contribution is 5.35. The second-order valence-electron chi connectivity index (χ2n) is 4.03. The summed E-state index contributed by atoms with van der Waals surface area (Å²) in [5, 5.41) is 8.60. The lowest BCUT2D eigenvalue weighted by atomic mass is 10.0. The summed E-state index contributed by atoms with van der Waals surface area (Å²) >= 11 is 0. The fourth-order valence-electron chi connectivity index (χ4n) is 1.71. The molecule has 0 N–H and O–H groups in total. The molecule has 0 bridgehead atoms. The molecule has 0 atom stereocenters. The molecule has 6 heteroatoms. The second-order valence-corrected chi connectivity index (χ2v) is 4.03. The van der Waals surface area contributed by atoms with E-state index in [1.54, 1.807) is 0 Å². The Morgan fingerprint density at radius 1 is 0.750 bits per heavy atom. The molecular formula is C14H6F5N. The highest BCUT2D eigenvalue weighted by Gasteiger charge is 2.25. The molecule has 102 valence electrons. The van der Waals surface area contributed by atoms with Crippen molar-refractivity contribution in [2.75, 3.05) is 0 Å². The molecule has 0 fully saturated rings. The van der Waals surface area contributed by atoms with Crippen molar-refractivity contribution in [3.8, 4) is 6.07 Å². The Bertz CT molecular complexity index is 672. The monoisotopic (exact) mass is 283 g/mol. The van der Waals surface area contributed by atoms with Crippen LogP contribution in [0.3, 0.4) is 0 Å². The maximum absolute atomic E-state index is 13.5. The van der Waals surface area contributed by atoms with E-state index in [9.17, 15) is 22.0 Å². The lowest BCUT2D eigenvalue weighted by Crippen LogP contribution is -2.07. The number of benzene rings is 2. The van der Waals surface area contributed by atoms with Crippen molar-refractivity contribution in [3.05, 3.63) is 70.0 Å². The standard InChI is InChI=1S/C14H6F5N/c15-10-9(11(16)13(18)14(19)12(10)17)5-7-1-3-8(6-20)4-2-7/h1-4H,5H2. The topological polar surface area (TPSA) is 23.8 Å². The highest BCUT2D eigenvalue weighted by Crippen LogP contribution is 2.25. The molecule has 0 amide bonds. The summed E-state index contributed by atoms with van der Waals surface area (Å²) in [6.45, 7) is 0. The van der Waals surface area contributed by atoms with Crippen molar-refractivity contribution in [2.45, 2.75) is 6.42 Å². The fraction of sp³-hybridized carbons (Fsp3) is 0.0714. The van der Waals surface area contributed by atoms with E-state index in [-0.39, 0.29) is 0 Å². The van der Waals surface area contributed by atoms with E-state index in [0.29, 0.717) is 11.1 Å². The van der Waals surface area contributed by atoms with E-state index in [1.165, 1.54) is 24.3 Å². The Morgan fingerprint density at radius 2 is 1.20 bits per heavy atom. The van der Waals surface area contributed by atoms with Crippen molar-refractivity contribution in [2.24, 2.45) is 0 Å². The summed E-state index contributed by atoms with van der Waals surface area (Å²) in [6.07, 6.45) is -0.461. The summed E-state index contributed by atoms with van der Waals surface area (Å²) in [5.74, 6) is -9.79. The SMILES string of the molecule is N#Cc1ccc(Cc2c(F)c(F)c(F)c(F)c2F)cc1. The van der Waals surface area contributed by atoms with Gasteiger partial charge in [-0.3, -0.25) is 0 Å². The van der Waals surface area contributed by atoms with Crippen LogP contribution < -0.4 is 0 Å². The molecule has 0 unspecified atom stereocenters. The maximum Gasteiger partial charge on any atom is 0.200 e. The van der Waals surface area contributed by atoms with E-state index in [1.807, 2.05) is 6.07 Å². The molecule has 1 nitrogen and oxygen atoms in total. The molecular weight excluding hydrogens is 277 g/mol. The molecule has 0 heterocycles. The molecule has 0 aliphatic carbocycles. The van der Waals surface area contributed by atoms with Gasteiger partial charge in [-0.05, 0) is 17.7 Å². The molecule has 0 aromatic heterocycles. The Hall–Kier alpha value is -2.42. The predicted octanol–water partition coefficient (Wildman–Crippen LogP) is 3.84. The van der Waals surface area contributed by atoms with Gasteiger partial charge in [0.25, 0.3) is 0 Å². The van der Waals surface area contributed by atoms with Gasteiger partial charge < -0.3 is 0 Å². The zero-order valence-corrected chi connectivity index (χ0v) is 9.85. The minimum absolute atomic E-state index is 0.325. The number of hydrogen-bond acceptors (Lipinski definition) is 1. The van der Waals surface area contributed by atoms with Gasteiger partial charge in [-0.2, -0.15) is 5.26 Å². The van der Waals surface area contributed by atoms with E-state index in [2.05, 4.69) is 0 Å². The Morgan fingerprint density at radius 3 is 1.65 bits per heavy atom. The Balaban J connectivity index is 2.46. The van der Waals surface area contributed by atoms with Crippen molar-refractivity contribution in [1.82, 2.24) is 0 Å². The average Bonchev–Trinajstić information content (AvgIpc) is 2.48. The van der Waals surface area contributed by atoms with Crippen LogP contribution in [0.25, 0.3) is 0 Å². The van der Waals surface area contributed by atoms with Gasteiger partial charge in [0, 0.05) is 12.0 Å². The van der Waals surface area contributed by atoms with Crippen molar-refractivity contribution >= 4 is 0 Å². The maximum atomic E-state index is 13.5. The molecule has 2 rings (SSSR count). The molecule has 20 heavy (non-hydrogen) atoms. The molecule has 0 radical (unpaired) electrons. The van der Waals surface area contributed by atoms with Gasteiger partial charge in [-0.15, -0.1) is 0 Å². The van der Waals surface area contributed by atoms with Crippen LogP contribution >= 0.6 is 0 Å². The molecule has 0 aliphatic rings. The van der Waals surface area contributed by atoms with E-state index >= 15 is 0 Å². The number of hydrogen-bond donors (Lipinski definition) is 0. The average molecular weight is 283 g/mol. The first kappa shape index (κ1) is 14.0. The van der Waals surface area contributed by atoms with Crippen LogP contribution in [0.4, 0.5) is 22.0 Å². The summed E-state index contributed by atoms with van der Waals surface area (Å²) in [7, 11) is 0. The van der Waals surface area contributed by atoms with Gasteiger partial charge in [-0.1, -0.05) is 12.1 Å². The third-order valence-electron chi connectivity index (χ3n) is 2.76. The van der Waals surface area contributed by atoms with Crippen LogP contribution in [-0.4, -0.2) is 0 Å². The van der Waals surface area contributed by atoms with Gasteiger partial charge in [-0.25, -0.2) is 22.0 Å². The largest absolute Gasteiger partial charge is 0.203 e.